The molecule has 2 aliphatic rings. The summed E-state index contributed by atoms with van der Waals surface area (Å²) in [6, 6.07) is 10.2. The SMILES string of the molecule is CCC(C1CCC(C)CC1)C1(c2c(C)cc3ccccc3c2F)SCCCS1. The maximum absolute atomic E-state index is 16.1. The molecule has 2 aromatic rings. The summed E-state index contributed by atoms with van der Waals surface area (Å²) in [6.07, 6.45) is 7.69. The molecule has 2 aromatic carbocycles. The lowest BCUT2D eigenvalue weighted by Gasteiger charge is -2.48. The summed E-state index contributed by atoms with van der Waals surface area (Å²) in [4.78, 5) is 0. The Balaban J connectivity index is 1.85. The van der Waals surface area contributed by atoms with E-state index in [4.69, 9.17) is 0 Å². The van der Waals surface area contributed by atoms with Crippen molar-refractivity contribution in [1.29, 1.82) is 0 Å². The van der Waals surface area contributed by atoms with Crippen molar-refractivity contribution in [3.05, 3.63) is 47.3 Å². The summed E-state index contributed by atoms with van der Waals surface area (Å²) >= 11 is 4.10. The van der Waals surface area contributed by atoms with E-state index in [1.807, 2.05) is 24.3 Å². The maximum Gasteiger partial charge on any atom is 0.136 e. The molecule has 1 aliphatic heterocycles. The third-order valence-corrected chi connectivity index (χ3v) is 10.6. The van der Waals surface area contributed by atoms with Gasteiger partial charge in [-0.15, -0.1) is 23.5 Å². The molecule has 1 saturated heterocycles. The van der Waals surface area contributed by atoms with E-state index in [0.717, 1.165) is 51.7 Å². The molecule has 152 valence electrons. The fourth-order valence-corrected chi connectivity index (χ4v) is 9.69. The number of hydrogen-bond donors (Lipinski definition) is 0. The lowest BCUT2D eigenvalue weighted by molar-refractivity contribution is 0.194. The summed E-state index contributed by atoms with van der Waals surface area (Å²) in [7, 11) is 0. The van der Waals surface area contributed by atoms with E-state index in [1.54, 1.807) is 0 Å². The minimum absolute atomic E-state index is 0.0418. The Morgan fingerprint density at radius 3 is 2.46 bits per heavy atom. The highest BCUT2D eigenvalue weighted by molar-refractivity contribution is 8.18. The van der Waals surface area contributed by atoms with Gasteiger partial charge in [-0.05, 0) is 66.4 Å². The molecule has 0 N–H and O–H groups in total. The van der Waals surface area contributed by atoms with Gasteiger partial charge in [-0.3, -0.25) is 0 Å². The molecule has 28 heavy (non-hydrogen) atoms. The Morgan fingerprint density at radius 2 is 1.79 bits per heavy atom. The second-order valence-corrected chi connectivity index (χ2v) is 11.8. The smallest absolute Gasteiger partial charge is 0.136 e. The highest BCUT2D eigenvalue weighted by atomic mass is 32.2. The van der Waals surface area contributed by atoms with Crippen LogP contribution in [0.3, 0.4) is 0 Å². The average Bonchev–Trinajstić information content (AvgIpc) is 2.71. The Hall–Kier alpha value is -0.670. The molecular formula is C25H33FS2. The van der Waals surface area contributed by atoms with Gasteiger partial charge in [0.2, 0.25) is 0 Å². The van der Waals surface area contributed by atoms with Gasteiger partial charge in [0.15, 0.2) is 0 Å². The Kier molecular flexibility index (Phi) is 6.32. The highest BCUT2D eigenvalue weighted by Gasteiger charge is 2.48. The first-order valence-corrected chi connectivity index (χ1v) is 13.0. The van der Waals surface area contributed by atoms with E-state index in [-0.39, 0.29) is 9.90 Å². The third-order valence-electron chi connectivity index (χ3n) is 7.01. The van der Waals surface area contributed by atoms with Gasteiger partial charge in [-0.25, -0.2) is 4.39 Å². The van der Waals surface area contributed by atoms with Crippen molar-refractivity contribution in [2.75, 3.05) is 11.5 Å². The largest absolute Gasteiger partial charge is 0.206 e. The van der Waals surface area contributed by atoms with Gasteiger partial charge in [0.25, 0.3) is 0 Å². The zero-order valence-corrected chi connectivity index (χ0v) is 19.1. The van der Waals surface area contributed by atoms with Crippen molar-refractivity contribution < 1.29 is 4.39 Å². The van der Waals surface area contributed by atoms with Gasteiger partial charge >= 0.3 is 0 Å². The minimum atomic E-state index is -0.129. The summed E-state index contributed by atoms with van der Waals surface area (Å²) in [6.45, 7) is 6.87. The minimum Gasteiger partial charge on any atom is -0.206 e. The van der Waals surface area contributed by atoms with E-state index in [1.165, 1.54) is 32.1 Å². The zero-order chi connectivity index (χ0) is 19.7. The number of thioether (sulfide) groups is 2. The van der Waals surface area contributed by atoms with E-state index in [0.29, 0.717) is 5.92 Å². The summed E-state index contributed by atoms with van der Waals surface area (Å²) in [5, 5.41) is 1.82. The van der Waals surface area contributed by atoms with Crippen LogP contribution in [-0.4, -0.2) is 11.5 Å². The first kappa shape index (κ1) is 20.6. The Bertz CT molecular complexity index is 817. The third kappa shape index (κ3) is 3.62. The van der Waals surface area contributed by atoms with Crippen molar-refractivity contribution in [3.63, 3.8) is 0 Å². The predicted molar refractivity (Wildman–Crippen MR) is 125 cm³/mol. The number of halogens is 1. The molecule has 1 heterocycles. The molecule has 0 aromatic heterocycles. The predicted octanol–water partition coefficient (Wildman–Crippen LogP) is 8.16. The summed E-state index contributed by atoms with van der Waals surface area (Å²) in [5.74, 6) is 4.47. The van der Waals surface area contributed by atoms with E-state index >= 15 is 4.39 Å². The van der Waals surface area contributed by atoms with Crippen molar-refractivity contribution in [3.8, 4) is 0 Å². The first-order chi connectivity index (χ1) is 13.6. The molecule has 0 amide bonds. The second kappa shape index (κ2) is 8.60. The van der Waals surface area contributed by atoms with Crippen LogP contribution in [0.1, 0.15) is 63.5 Å². The van der Waals surface area contributed by atoms with Crippen LogP contribution in [0.5, 0.6) is 0 Å². The van der Waals surface area contributed by atoms with Crippen LogP contribution in [0.15, 0.2) is 30.3 Å². The van der Waals surface area contributed by atoms with Crippen molar-refractivity contribution in [1.82, 2.24) is 0 Å². The number of fused-ring (bicyclic) bond motifs is 1. The molecule has 1 atom stereocenters. The van der Waals surface area contributed by atoms with E-state index in [9.17, 15) is 0 Å². The van der Waals surface area contributed by atoms with Gasteiger partial charge in [0.05, 0.1) is 4.08 Å². The molecule has 0 radical (unpaired) electrons. The van der Waals surface area contributed by atoms with Crippen LogP contribution in [0.2, 0.25) is 0 Å². The standard InChI is InChI=1S/C25H33FS2/c1-4-22(19-12-10-17(2)11-13-19)25(27-14-7-15-28-25)23-18(3)16-20-8-5-6-9-21(20)24(23)26/h5-6,8-9,16-17,19,22H,4,7,10-15H2,1-3H3. The van der Waals surface area contributed by atoms with Crippen molar-refractivity contribution in [2.24, 2.45) is 17.8 Å². The summed E-state index contributed by atoms with van der Waals surface area (Å²) < 4.78 is 15.9. The van der Waals surface area contributed by atoms with Crippen LogP contribution in [0.4, 0.5) is 4.39 Å². The fraction of sp³-hybridized carbons (Fsp3) is 0.600. The van der Waals surface area contributed by atoms with Gasteiger partial charge in [-0.2, -0.15) is 0 Å². The number of aryl methyl sites for hydroxylation is 1. The number of rotatable bonds is 4. The first-order valence-electron chi connectivity index (χ1n) is 11.0. The van der Waals surface area contributed by atoms with Gasteiger partial charge in [-0.1, -0.05) is 63.4 Å². The van der Waals surface area contributed by atoms with Crippen LogP contribution >= 0.6 is 23.5 Å². The summed E-state index contributed by atoms with van der Waals surface area (Å²) in [5.41, 5.74) is 2.15. The van der Waals surface area contributed by atoms with Crippen LogP contribution in [-0.2, 0) is 4.08 Å². The zero-order valence-electron chi connectivity index (χ0n) is 17.5. The van der Waals surface area contributed by atoms with Crippen molar-refractivity contribution in [2.45, 2.75) is 63.4 Å². The van der Waals surface area contributed by atoms with Crippen LogP contribution in [0, 0.1) is 30.5 Å². The maximum atomic E-state index is 16.1. The normalized spacial score (nSPS) is 26.3. The molecule has 1 saturated carbocycles. The van der Waals surface area contributed by atoms with E-state index < -0.39 is 0 Å². The molecule has 1 aliphatic carbocycles. The topological polar surface area (TPSA) is 0 Å². The Morgan fingerprint density at radius 1 is 1.11 bits per heavy atom. The van der Waals surface area contributed by atoms with Crippen LogP contribution in [0.25, 0.3) is 10.8 Å². The monoisotopic (exact) mass is 416 g/mol. The lowest BCUT2D eigenvalue weighted by Crippen LogP contribution is -2.39. The second-order valence-electron chi connectivity index (χ2n) is 8.86. The lowest BCUT2D eigenvalue weighted by atomic mass is 9.72. The molecule has 1 unspecified atom stereocenters. The van der Waals surface area contributed by atoms with Crippen molar-refractivity contribution >= 4 is 34.3 Å². The molecule has 0 spiro atoms. The molecule has 3 heteroatoms. The molecule has 4 rings (SSSR count). The fourth-order valence-electron chi connectivity index (χ4n) is 5.56. The van der Waals surface area contributed by atoms with Crippen LogP contribution < -0.4 is 0 Å². The number of hydrogen-bond acceptors (Lipinski definition) is 2. The molecular weight excluding hydrogens is 383 g/mol. The molecule has 2 fully saturated rings. The number of benzene rings is 2. The average molecular weight is 417 g/mol. The van der Waals surface area contributed by atoms with E-state index in [2.05, 4.69) is 50.4 Å². The quantitative estimate of drug-likeness (QED) is 0.493. The highest BCUT2D eigenvalue weighted by Crippen LogP contribution is 2.61. The van der Waals surface area contributed by atoms with Gasteiger partial charge in [0, 0.05) is 10.9 Å². The van der Waals surface area contributed by atoms with Gasteiger partial charge in [0.1, 0.15) is 5.82 Å². The molecule has 0 nitrogen and oxygen atoms in total. The molecule has 0 bridgehead atoms. The Labute approximate surface area is 178 Å². The van der Waals surface area contributed by atoms with Gasteiger partial charge < -0.3 is 0 Å².